The van der Waals surface area contributed by atoms with Crippen LogP contribution in [0.1, 0.15) is 32.3 Å². The number of ether oxygens (including phenoxy) is 2. The lowest BCUT2D eigenvalue weighted by Crippen LogP contribution is -2.35. The number of benzene rings is 1. The van der Waals surface area contributed by atoms with Crippen molar-refractivity contribution in [1.82, 2.24) is 4.90 Å². The zero-order valence-corrected chi connectivity index (χ0v) is 12.8. The van der Waals surface area contributed by atoms with Gasteiger partial charge in [-0.25, -0.2) is 0 Å². The van der Waals surface area contributed by atoms with Crippen LogP contribution in [0.25, 0.3) is 0 Å². The van der Waals surface area contributed by atoms with E-state index in [-0.39, 0.29) is 6.10 Å². The van der Waals surface area contributed by atoms with Gasteiger partial charge in [0.05, 0.1) is 12.7 Å². The fraction of sp³-hybridized carbons (Fsp3) is 0.625. The lowest BCUT2D eigenvalue weighted by atomic mass is 9.97. The van der Waals surface area contributed by atoms with Gasteiger partial charge in [0.1, 0.15) is 6.10 Å². The second-order valence-electron chi connectivity index (χ2n) is 6.02. The minimum Gasteiger partial charge on any atom is -0.492 e. The minimum atomic E-state index is -0.947. The normalized spacial score (nSPS) is 18.1. The average molecular weight is 279 g/mol. The van der Waals surface area contributed by atoms with Crippen molar-refractivity contribution in [3.63, 3.8) is 0 Å². The van der Waals surface area contributed by atoms with E-state index in [0.717, 1.165) is 37.2 Å². The van der Waals surface area contributed by atoms with Crippen LogP contribution in [0.4, 0.5) is 0 Å². The Balaban J connectivity index is 2.19. The number of hydrogen-bond acceptors (Lipinski definition) is 4. The van der Waals surface area contributed by atoms with Crippen molar-refractivity contribution in [2.45, 2.75) is 38.4 Å². The molecule has 1 aromatic rings. The van der Waals surface area contributed by atoms with Gasteiger partial charge < -0.3 is 19.5 Å². The highest BCUT2D eigenvalue weighted by atomic mass is 16.5. The van der Waals surface area contributed by atoms with Crippen molar-refractivity contribution in [2.24, 2.45) is 0 Å². The molecule has 1 saturated heterocycles. The lowest BCUT2D eigenvalue weighted by molar-refractivity contribution is 0.0730. The molecule has 0 aromatic heterocycles. The quantitative estimate of drug-likeness (QED) is 0.919. The van der Waals surface area contributed by atoms with E-state index in [4.69, 9.17) is 9.47 Å². The molecule has 0 unspecified atom stereocenters. The van der Waals surface area contributed by atoms with E-state index in [0.29, 0.717) is 5.75 Å². The van der Waals surface area contributed by atoms with E-state index < -0.39 is 5.60 Å². The fourth-order valence-electron chi connectivity index (χ4n) is 2.58. The van der Waals surface area contributed by atoms with Crippen molar-refractivity contribution < 1.29 is 14.6 Å². The Morgan fingerprint density at radius 2 is 1.90 bits per heavy atom. The summed E-state index contributed by atoms with van der Waals surface area (Å²) in [6.07, 6.45) is 2.26. The van der Waals surface area contributed by atoms with Gasteiger partial charge in [-0.15, -0.1) is 0 Å². The zero-order chi connectivity index (χ0) is 14.8. The third kappa shape index (κ3) is 3.44. The summed E-state index contributed by atoms with van der Waals surface area (Å²) >= 11 is 0. The molecule has 0 saturated carbocycles. The highest BCUT2D eigenvalue weighted by Gasteiger charge is 2.25. The molecule has 1 N–H and O–H groups in total. The molecule has 4 heteroatoms. The van der Waals surface area contributed by atoms with Crippen LogP contribution in [-0.2, 0) is 5.60 Å². The van der Waals surface area contributed by atoms with Crippen LogP contribution in [-0.4, -0.2) is 43.4 Å². The third-order valence-electron chi connectivity index (χ3n) is 3.80. The summed E-state index contributed by atoms with van der Waals surface area (Å²) in [5.74, 6) is 1.36. The second-order valence-corrected chi connectivity index (χ2v) is 6.02. The molecule has 112 valence electrons. The van der Waals surface area contributed by atoms with Crippen LogP contribution in [0, 0.1) is 0 Å². The van der Waals surface area contributed by atoms with Crippen LogP contribution >= 0.6 is 0 Å². The smallest absolute Gasteiger partial charge is 0.166 e. The maximum Gasteiger partial charge on any atom is 0.166 e. The molecule has 1 aromatic carbocycles. The zero-order valence-electron chi connectivity index (χ0n) is 12.8. The number of piperidine rings is 1. The Bertz CT molecular complexity index is 446. The van der Waals surface area contributed by atoms with E-state index in [1.54, 1.807) is 21.0 Å². The molecule has 0 aliphatic carbocycles. The third-order valence-corrected chi connectivity index (χ3v) is 3.80. The molecule has 1 heterocycles. The molecule has 0 amide bonds. The molecule has 0 spiro atoms. The van der Waals surface area contributed by atoms with Crippen molar-refractivity contribution in [1.29, 1.82) is 0 Å². The van der Waals surface area contributed by atoms with E-state index in [9.17, 15) is 5.11 Å². The molecular formula is C16H25NO3. The first-order chi connectivity index (χ1) is 9.41. The monoisotopic (exact) mass is 279 g/mol. The maximum absolute atomic E-state index is 10.2. The van der Waals surface area contributed by atoms with Crippen LogP contribution in [0.15, 0.2) is 18.2 Å². The Morgan fingerprint density at radius 3 is 2.45 bits per heavy atom. The van der Waals surface area contributed by atoms with Gasteiger partial charge in [-0.1, -0.05) is 12.1 Å². The van der Waals surface area contributed by atoms with Crippen LogP contribution in [0.2, 0.25) is 0 Å². The average Bonchev–Trinajstić information content (AvgIpc) is 2.40. The van der Waals surface area contributed by atoms with Gasteiger partial charge >= 0.3 is 0 Å². The highest BCUT2D eigenvalue weighted by molar-refractivity contribution is 5.49. The minimum absolute atomic E-state index is 0.220. The SMILES string of the molecule is COc1c(OC2CCN(C)CC2)cccc1C(C)(C)O. The van der Waals surface area contributed by atoms with E-state index in [1.165, 1.54) is 0 Å². The summed E-state index contributed by atoms with van der Waals surface area (Å²) in [6.45, 7) is 5.62. The van der Waals surface area contributed by atoms with Crippen LogP contribution in [0.5, 0.6) is 11.5 Å². The van der Waals surface area contributed by atoms with Gasteiger partial charge in [0.15, 0.2) is 11.5 Å². The largest absolute Gasteiger partial charge is 0.492 e. The summed E-state index contributed by atoms with van der Waals surface area (Å²) in [5.41, 5.74) is -0.192. The summed E-state index contributed by atoms with van der Waals surface area (Å²) < 4.78 is 11.6. The Hall–Kier alpha value is -1.26. The van der Waals surface area contributed by atoms with Gasteiger partial charge in [0.2, 0.25) is 0 Å². The van der Waals surface area contributed by atoms with Gasteiger partial charge in [0.25, 0.3) is 0 Å². The second kappa shape index (κ2) is 6.02. The first-order valence-electron chi connectivity index (χ1n) is 7.17. The van der Waals surface area contributed by atoms with E-state index in [2.05, 4.69) is 11.9 Å². The molecule has 20 heavy (non-hydrogen) atoms. The van der Waals surface area contributed by atoms with Crippen molar-refractivity contribution >= 4 is 0 Å². The number of methoxy groups -OCH3 is 1. The molecule has 1 aliphatic heterocycles. The van der Waals surface area contributed by atoms with Gasteiger partial charge in [0, 0.05) is 18.7 Å². The first-order valence-corrected chi connectivity index (χ1v) is 7.17. The predicted molar refractivity (Wildman–Crippen MR) is 79.4 cm³/mol. The Labute approximate surface area is 121 Å². The summed E-state index contributed by atoms with van der Waals surface area (Å²) in [5, 5.41) is 10.2. The molecule has 4 nitrogen and oxygen atoms in total. The number of rotatable bonds is 4. The number of likely N-dealkylation sites (tertiary alicyclic amines) is 1. The van der Waals surface area contributed by atoms with E-state index >= 15 is 0 Å². The molecule has 0 bridgehead atoms. The Kier molecular flexibility index (Phi) is 4.55. The van der Waals surface area contributed by atoms with Crippen molar-refractivity contribution in [2.75, 3.05) is 27.2 Å². The number of hydrogen-bond donors (Lipinski definition) is 1. The van der Waals surface area contributed by atoms with Crippen molar-refractivity contribution in [3.8, 4) is 11.5 Å². The van der Waals surface area contributed by atoms with Gasteiger partial charge in [-0.3, -0.25) is 0 Å². The predicted octanol–water partition coefficient (Wildman–Crippen LogP) is 2.40. The Morgan fingerprint density at radius 1 is 1.25 bits per heavy atom. The first kappa shape index (κ1) is 15.1. The molecule has 1 aliphatic rings. The highest BCUT2D eigenvalue weighted by Crippen LogP contribution is 2.38. The lowest BCUT2D eigenvalue weighted by Gasteiger charge is -2.30. The standard InChI is InChI=1S/C16H25NO3/c1-16(2,18)13-6-5-7-14(15(13)19-4)20-12-8-10-17(3)11-9-12/h5-7,12,18H,8-11H2,1-4H3. The molecule has 1 fully saturated rings. The summed E-state index contributed by atoms with van der Waals surface area (Å²) in [4.78, 5) is 2.31. The molecule has 2 rings (SSSR count). The van der Waals surface area contributed by atoms with Crippen LogP contribution < -0.4 is 9.47 Å². The number of nitrogens with zero attached hydrogens (tertiary/aromatic N) is 1. The van der Waals surface area contributed by atoms with Crippen LogP contribution in [0.3, 0.4) is 0 Å². The molecule has 0 radical (unpaired) electrons. The number of para-hydroxylation sites is 1. The number of aliphatic hydroxyl groups is 1. The van der Waals surface area contributed by atoms with Gasteiger partial charge in [-0.05, 0) is 39.8 Å². The fourth-order valence-corrected chi connectivity index (χ4v) is 2.58. The molecule has 0 atom stereocenters. The van der Waals surface area contributed by atoms with E-state index in [1.807, 2.05) is 18.2 Å². The maximum atomic E-state index is 10.2. The topological polar surface area (TPSA) is 41.9 Å². The van der Waals surface area contributed by atoms with Gasteiger partial charge in [-0.2, -0.15) is 0 Å². The summed E-state index contributed by atoms with van der Waals surface area (Å²) in [6, 6.07) is 5.69. The van der Waals surface area contributed by atoms with Crippen molar-refractivity contribution in [3.05, 3.63) is 23.8 Å². The summed E-state index contributed by atoms with van der Waals surface area (Å²) in [7, 11) is 3.75. The molecular weight excluding hydrogens is 254 g/mol.